The van der Waals surface area contributed by atoms with Crippen LogP contribution in [0.4, 0.5) is 11.4 Å². The number of carbonyl (C=O) groups excluding carboxylic acids is 3. The summed E-state index contributed by atoms with van der Waals surface area (Å²) in [5.74, 6) is -0.757. The molecule has 2 atom stereocenters. The predicted octanol–water partition coefficient (Wildman–Crippen LogP) is 2.70. The highest BCUT2D eigenvalue weighted by Crippen LogP contribution is 2.40. The van der Waals surface area contributed by atoms with Crippen LogP contribution in [0, 0.1) is 11.8 Å². The third-order valence-corrected chi connectivity index (χ3v) is 4.67. The number of hydrogen-bond donors (Lipinski definition) is 2. The summed E-state index contributed by atoms with van der Waals surface area (Å²) >= 11 is 0. The first-order chi connectivity index (χ1) is 14.0. The maximum Gasteiger partial charge on any atom is 0.337 e. The molecule has 2 aromatic carbocycles. The zero-order valence-corrected chi connectivity index (χ0v) is 16.4. The van der Waals surface area contributed by atoms with Crippen LogP contribution < -0.4 is 20.1 Å². The highest BCUT2D eigenvalue weighted by atomic mass is 16.5. The summed E-state index contributed by atoms with van der Waals surface area (Å²) in [5.41, 5.74) is 1.37. The van der Waals surface area contributed by atoms with Crippen LogP contribution in [0.2, 0.25) is 0 Å². The van der Waals surface area contributed by atoms with E-state index in [0.717, 1.165) is 0 Å². The number of anilines is 2. The quantitative estimate of drug-likeness (QED) is 0.695. The van der Waals surface area contributed by atoms with Crippen LogP contribution in [0.3, 0.4) is 0 Å². The molecular formula is C21H22N2O6. The Morgan fingerprint density at radius 1 is 0.828 bits per heavy atom. The second kappa shape index (κ2) is 8.64. The van der Waals surface area contributed by atoms with E-state index in [1.807, 2.05) is 0 Å². The molecule has 2 aromatic rings. The van der Waals surface area contributed by atoms with Crippen molar-refractivity contribution in [3.8, 4) is 11.5 Å². The second-order valence-electron chi connectivity index (χ2n) is 6.57. The van der Waals surface area contributed by atoms with Crippen molar-refractivity contribution in [2.24, 2.45) is 11.8 Å². The highest BCUT2D eigenvalue weighted by molar-refractivity contribution is 6.03. The van der Waals surface area contributed by atoms with Crippen molar-refractivity contribution in [1.29, 1.82) is 0 Å². The van der Waals surface area contributed by atoms with Gasteiger partial charge in [0.05, 0.1) is 38.7 Å². The Morgan fingerprint density at radius 3 is 2.03 bits per heavy atom. The smallest absolute Gasteiger partial charge is 0.337 e. The van der Waals surface area contributed by atoms with Crippen molar-refractivity contribution >= 4 is 29.2 Å². The molecule has 2 N–H and O–H groups in total. The van der Waals surface area contributed by atoms with Crippen molar-refractivity contribution in [1.82, 2.24) is 0 Å². The van der Waals surface area contributed by atoms with E-state index in [0.29, 0.717) is 34.9 Å². The van der Waals surface area contributed by atoms with Crippen LogP contribution in [0.25, 0.3) is 0 Å². The Labute approximate surface area is 168 Å². The number of esters is 1. The van der Waals surface area contributed by atoms with Crippen molar-refractivity contribution in [3.05, 3.63) is 48.0 Å². The molecule has 0 radical (unpaired) electrons. The lowest BCUT2D eigenvalue weighted by atomic mass is 10.2. The molecule has 1 saturated carbocycles. The lowest BCUT2D eigenvalue weighted by Crippen LogP contribution is -2.20. The molecule has 0 aliphatic heterocycles. The average molecular weight is 398 g/mol. The molecule has 8 heteroatoms. The normalized spacial score (nSPS) is 17.1. The first-order valence-electron chi connectivity index (χ1n) is 8.99. The monoisotopic (exact) mass is 398 g/mol. The molecule has 1 fully saturated rings. The van der Waals surface area contributed by atoms with Gasteiger partial charge in [-0.2, -0.15) is 0 Å². The first-order valence-corrected chi connectivity index (χ1v) is 8.99. The third-order valence-electron chi connectivity index (χ3n) is 4.67. The first kappa shape index (κ1) is 20.2. The maximum absolute atomic E-state index is 12.5. The number of benzene rings is 2. The summed E-state index contributed by atoms with van der Waals surface area (Å²) in [6.07, 6.45) is 0.460. The molecule has 0 saturated heterocycles. The van der Waals surface area contributed by atoms with Crippen molar-refractivity contribution in [2.45, 2.75) is 6.42 Å². The van der Waals surface area contributed by atoms with E-state index in [4.69, 9.17) is 9.47 Å². The Balaban J connectivity index is 1.58. The third kappa shape index (κ3) is 4.66. The summed E-state index contributed by atoms with van der Waals surface area (Å²) in [6.45, 7) is 0. The minimum Gasteiger partial charge on any atom is -0.493 e. The van der Waals surface area contributed by atoms with Crippen LogP contribution in [0.15, 0.2) is 42.5 Å². The SMILES string of the molecule is COC(=O)c1cccc(NC(=O)C2CC2C(=O)Nc2ccc(OC)c(OC)c2)c1. The standard InChI is InChI=1S/C21H22N2O6/c1-27-17-8-7-14(10-18(17)28-2)23-20(25)16-11-15(16)19(24)22-13-6-4-5-12(9-13)21(26)29-3/h4-10,15-16H,11H2,1-3H3,(H,22,24)(H,23,25). The Hall–Kier alpha value is -3.55. The Kier molecular flexibility index (Phi) is 6.01. The zero-order chi connectivity index (χ0) is 21.0. The van der Waals surface area contributed by atoms with E-state index in [1.165, 1.54) is 27.4 Å². The van der Waals surface area contributed by atoms with Gasteiger partial charge in [-0.3, -0.25) is 9.59 Å². The topological polar surface area (TPSA) is 103 Å². The van der Waals surface area contributed by atoms with Crippen LogP contribution in [-0.2, 0) is 14.3 Å². The molecule has 0 heterocycles. The van der Waals surface area contributed by atoms with Crippen LogP contribution in [-0.4, -0.2) is 39.1 Å². The van der Waals surface area contributed by atoms with Gasteiger partial charge in [0.15, 0.2) is 11.5 Å². The van der Waals surface area contributed by atoms with E-state index in [2.05, 4.69) is 15.4 Å². The average Bonchev–Trinajstić information content (AvgIpc) is 3.54. The van der Waals surface area contributed by atoms with Crippen molar-refractivity contribution < 1.29 is 28.6 Å². The van der Waals surface area contributed by atoms with Crippen LogP contribution in [0.1, 0.15) is 16.8 Å². The molecule has 0 spiro atoms. The summed E-state index contributed by atoms with van der Waals surface area (Å²) in [4.78, 5) is 36.5. The van der Waals surface area contributed by atoms with Crippen molar-refractivity contribution in [3.63, 3.8) is 0 Å². The Bertz CT molecular complexity index is 943. The Morgan fingerprint density at radius 2 is 1.45 bits per heavy atom. The largest absolute Gasteiger partial charge is 0.493 e. The van der Waals surface area contributed by atoms with Gasteiger partial charge in [-0.25, -0.2) is 4.79 Å². The summed E-state index contributed by atoms with van der Waals surface area (Å²) in [7, 11) is 4.34. The maximum atomic E-state index is 12.5. The molecule has 0 aromatic heterocycles. The van der Waals surface area contributed by atoms with Crippen molar-refractivity contribution in [2.75, 3.05) is 32.0 Å². The lowest BCUT2D eigenvalue weighted by Gasteiger charge is -2.10. The molecule has 0 bridgehead atoms. The van der Waals surface area contributed by atoms with E-state index in [9.17, 15) is 14.4 Å². The van der Waals surface area contributed by atoms with E-state index in [1.54, 1.807) is 36.4 Å². The van der Waals surface area contributed by atoms with Gasteiger partial charge in [0, 0.05) is 17.4 Å². The van der Waals surface area contributed by atoms with Gasteiger partial charge in [-0.1, -0.05) is 6.07 Å². The summed E-state index contributed by atoms with van der Waals surface area (Å²) in [6, 6.07) is 11.5. The minimum absolute atomic E-state index is 0.235. The molecule has 3 rings (SSSR count). The van der Waals surface area contributed by atoms with Gasteiger partial charge in [-0.05, 0) is 36.8 Å². The van der Waals surface area contributed by atoms with Gasteiger partial charge in [0.25, 0.3) is 0 Å². The molecule has 8 nitrogen and oxygen atoms in total. The fourth-order valence-corrected chi connectivity index (χ4v) is 3.00. The number of carbonyl (C=O) groups is 3. The molecule has 1 aliphatic rings. The van der Waals surface area contributed by atoms with Crippen LogP contribution >= 0.6 is 0 Å². The van der Waals surface area contributed by atoms with Gasteiger partial charge in [-0.15, -0.1) is 0 Å². The molecule has 2 amide bonds. The zero-order valence-electron chi connectivity index (χ0n) is 16.4. The molecule has 1 aliphatic carbocycles. The van der Waals surface area contributed by atoms with Gasteiger partial charge >= 0.3 is 5.97 Å². The summed E-state index contributed by atoms with van der Waals surface area (Å²) in [5, 5.41) is 5.54. The fourth-order valence-electron chi connectivity index (χ4n) is 3.00. The second-order valence-corrected chi connectivity index (χ2v) is 6.57. The number of methoxy groups -OCH3 is 3. The molecule has 2 unspecified atom stereocenters. The number of hydrogen-bond acceptors (Lipinski definition) is 6. The highest BCUT2D eigenvalue weighted by Gasteiger charge is 2.48. The van der Waals surface area contributed by atoms with Gasteiger partial charge < -0.3 is 24.8 Å². The molecular weight excluding hydrogens is 376 g/mol. The molecule has 29 heavy (non-hydrogen) atoms. The fraction of sp³-hybridized carbons (Fsp3) is 0.286. The van der Waals surface area contributed by atoms with Gasteiger partial charge in [0.2, 0.25) is 11.8 Å². The van der Waals surface area contributed by atoms with E-state index >= 15 is 0 Å². The van der Waals surface area contributed by atoms with E-state index < -0.39 is 17.8 Å². The number of rotatable bonds is 7. The van der Waals surface area contributed by atoms with E-state index in [-0.39, 0.29) is 11.8 Å². The van der Waals surface area contributed by atoms with Crippen LogP contribution in [0.5, 0.6) is 11.5 Å². The minimum atomic E-state index is -0.486. The molecule has 152 valence electrons. The number of ether oxygens (including phenoxy) is 3. The van der Waals surface area contributed by atoms with Gasteiger partial charge in [0.1, 0.15) is 0 Å². The number of nitrogens with one attached hydrogen (secondary N) is 2. The summed E-state index contributed by atoms with van der Waals surface area (Å²) < 4.78 is 15.1. The number of amides is 2. The lowest BCUT2D eigenvalue weighted by molar-refractivity contribution is -0.122. The predicted molar refractivity (Wildman–Crippen MR) is 106 cm³/mol.